The molecule has 104 valence electrons. The first-order chi connectivity index (χ1) is 8.72. The molecule has 0 aromatic heterocycles. The van der Waals surface area contributed by atoms with E-state index in [0.29, 0.717) is 6.04 Å². The molecule has 0 amide bonds. The number of likely N-dealkylation sites (tertiary alicyclic amines) is 1. The summed E-state index contributed by atoms with van der Waals surface area (Å²) in [6.07, 6.45) is 6.71. The van der Waals surface area contributed by atoms with Crippen LogP contribution in [0.15, 0.2) is 0 Å². The third-order valence-electron chi connectivity index (χ3n) is 4.56. The summed E-state index contributed by atoms with van der Waals surface area (Å²) in [5, 5.41) is 3.41. The van der Waals surface area contributed by atoms with E-state index in [1.54, 1.807) is 0 Å². The topological polar surface area (TPSA) is 41.6 Å². The summed E-state index contributed by atoms with van der Waals surface area (Å²) < 4.78 is 5.03. The lowest BCUT2D eigenvalue weighted by molar-refractivity contribution is -0.149. The van der Waals surface area contributed by atoms with Gasteiger partial charge in [-0.15, -0.1) is 0 Å². The maximum atomic E-state index is 12.1. The summed E-state index contributed by atoms with van der Waals surface area (Å²) in [7, 11) is 1.50. The van der Waals surface area contributed by atoms with Gasteiger partial charge < -0.3 is 15.0 Å². The highest BCUT2D eigenvalue weighted by Crippen LogP contribution is 2.31. The third kappa shape index (κ3) is 2.69. The number of nitrogens with one attached hydrogen (secondary N) is 1. The molecule has 4 heteroatoms. The summed E-state index contributed by atoms with van der Waals surface area (Å²) in [5.74, 6) is -0.0679. The minimum atomic E-state index is -0.413. The number of methoxy groups -OCH3 is 1. The van der Waals surface area contributed by atoms with Gasteiger partial charge in [-0.3, -0.25) is 4.79 Å². The molecule has 1 N–H and O–H groups in total. The Hall–Kier alpha value is -0.610. The predicted octanol–water partition coefficient (Wildman–Crippen LogP) is 1.55. The van der Waals surface area contributed by atoms with Gasteiger partial charge in [-0.25, -0.2) is 0 Å². The number of ether oxygens (including phenoxy) is 1. The molecular formula is C14H26N2O2. The van der Waals surface area contributed by atoms with E-state index in [9.17, 15) is 4.79 Å². The zero-order chi connectivity index (χ0) is 13.0. The fourth-order valence-corrected chi connectivity index (χ4v) is 3.54. The average Bonchev–Trinajstić information content (AvgIpc) is 2.88. The maximum Gasteiger partial charge on any atom is 0.326 e. The van der Waals surface area contributed by atoms with Crippen LogP contribution < -0.4 is 5.32 Å². The monoisotopic (exact) mass is 254 g/mol. The molecule has 0 aromatic rings. The number of hydrogen-bond donors (Lipinski definition) is 1. The number of esters is 1. The van der Waals surface area contributed by atoms with E-state index in [4.69, 9.17) is 4.74 Å². The molecule has 2 fully saturated rings. The van der Waals surface area contributed by atoms with Gasteiger partial charge in [0.15, 0.2) is 0 Å². The van der Waals surface area contributed by atoms with Gasteiger partial charge in [-0.2, -0.15) is 0 Å². The smallest absolute Gasteiger partial charge is 0.326 e. The Kier molecular flexibility index (Phi) is 4.62. The zero-order valence-electron chi connectivity index (χ0n) is 11.7. The van der Waals surface area contributed by atoms with Gasteiger partial charge in [-0.1, -0.05) is 13.3 Å². The van der Waals surface area contributed by atoms with Gasteiger partial charge in [0, 0.05) is 6.04 Å². The van der Waals surface area contributed by atoms with Crippen LogP contribution in [0.1, 0.15) is 45.4 Å². The standard InChI is InChI=1S/C14H26N2O2/c1-3-16-10-5-4-7-12(16)11-14(13(17)18-2)8-6-9-15-14/h12,15H,3-11H2,1-2H3. The van der Waals surface area contributed by atoms with Crippen molar-refractivity contribution < 1.29 is 9.53 Å². The average molecular weight is 254 g/mol. The van der Waals surface area contributed by atoms with Crippen molar-refractivity contribution in [2.75, 3.05) is 26.7 Å². The van der Waals surface area contributed by atoms with Crippen LogP contribution in [0.2, 0.25) is 0 Å². The predicted molar refractivity (Wildman–Crippen MR) is 71.5 cm³/mol. The van der Waals surface area contributed by atoms with E-state index >= 15 is 0 Å². The van der Waals surface area contributed by atoms with Crippen molar-refractivity contribution in [1.29, 1.82) is 0 Å². The van der Waals surface area contributed by atoms with Crippen molar-refractivity contribution in [3.05, 3.63) is 0 Å². The maximum absolute atomic E-state index is 12.1. The van der Waals surface area contributed by atoms with Gasteiger partial charge in [0.25, 0.3) is 0 Å². The van der Waals surface area contributed by atoms with Crippen molar-refractivity contribution in [3.63, 3.8) is 0 Å². The van der Waals surface area contributed by atoms with Crippen LogP contribution in [-0.4, -0.2) is 49.2 Å². The molecule has 2 aliphatic rings. The number of hydrogen-bond acceptors (Lipinski definition) is 4. The Balaban J connectivity index is 2.06. The van der Waals surface area contributed by atoms with Crippen LogP contribution in [-0.2, 0) is 9.53 Å². The molecular weight excluding hydrogens is 228 g/mol. The van der Waals surface area contributed by atoms with Gasteiger partial charge in [0.1, 0.15) is 5.54 Å². The summed E-state index contributed by atoms with van der Waals surface area (Å²) >= 11 is 0. The molecule has 0 radical (unpaired) electrons. The lowest BCUT2D eigenvalue weighted by Gasteiger charge is -2.39. The van der Waals surface area contributed by atoms with Crippen LogP contribution in [0.4, 0.5) is 0 Å². The number of rotatable bonds is 4. The lowest BCUT2D eigenvalue weighted by Crippen LogP contribution is -2.54. The lowest BCUT2D eigenvalue weighted by atomic mass is 9.85. The van der Waals surface area contributed by atoms with Gasteiger partial charge in [-0.05, 0) is 51.7 Å². The second kappa shape index (κ2) is 6.02. The second-order valence-electron chi connectivity index (χ2n) is 5.59. The van der Waals surface area contributed by atoms with Crippen LogP contribution in [0.5, 0.6) is 0 Å². The highest BCUT2D eigenvalue weighted by molar-refractivity contribution is 5.81. The molecule has 0 aliphatic carbocycles. The minimum absolute atomic E-state index is 0.0679. The molecule has 18 heavy (non-hydrogen) atoms. The van der Waals surface area contributed by atoms with E-state index in [2.05, 4.69) is 17.1 Å². The van der Waals surface area contributed by atoms with Crippen LogP contribution in [0, 0.1) is 0 Å². The molecule has 0 aromatic carbocycles. The highest BCUT2D eigenvalue weighted by atomic mass is 16.5. The van der Waals surface area contributed by atoms with Crippen molar-refractivity contribution in [2.45, 2.75) is 57.0 Å². The first kappa shape index (κ1) is 13.8. The van der Waals surface area contributed by atoms with Gasteiger partial charge in [0.05, 0.1) is 7.11 Å². The summed E-state index contributed by atoms with van der Waals surface area (Å²) in [6, 6.07) is 0.536. The Morgan fingerprint density at radius 1 is 1.44 bits per heavy atom. The Morgan fingerprint density at radius 2 is 2.28 bits per heavy atom. The van der Waals surface area contributed by atoms with Gasteiger partial charge >= 0.3 is 5.97 Å². The van der Waals surface area contributed by atoms with Gasteiger partial charge in [0.2, 0.25) is 0 Å². The summed E-state index contributed by atoms with van der Waals surface area (Å²) in [5.41, 5.74) is -0.413. The van der Waals surface area contributed by atoms with Crippen molar-refractivity contribution in [3.8, 4) is 0 Å². The summed E-state index contributed by atoms with van der Waals surface area (Å²) in [4.78, 5) is 14.6. The molecule has 4 nitrogen and oxygen atoms in total. The number of piperidine rings is 1. The largest absolute Gasteiger partial charge is 0.468 e. The first-order valence-electron chi connectivity index (χ1n) is 7.29. The third-order valence-corrected chi connectivity index (χ3v) is 4.56. The number of nitrogens with zero attached hydrogens (tertiary/aromatic N) is 1. The van der Waals surface area contributed by atoms with Crippen LogP contribution >= 0.6 is 0 Å². The second-order valence-corrected chi connectivity index (χ2v) is 5.59. The van der Waals surface area contributed by atoms with Crippen LogP contribution in [0.3, 0.4) is 0 Å². The molecule has 2 unspecified atom stereocenters. The molecule has 2 atom stereocenters. The fourth-order valence-electron chi connectivity index (χ4n) is 3.54. The summed E-state index contributed by atoms with van der Waals surface area (Å²) in [6.45, 7) is 5.42. The zero-order valence-corrected chi connectivity index (χ0v) is 11.7. The number of carbonyl (C=O) groups is 1. The highest BCUT2D eigenvalue weighted by Gasteiger charge is 2.44. The van der Waals surface area contributed by atoms with Crippen molar-refractivity contribution >= 4 is 5.97 Å². The van der Waals surface area contributed by atoms with E-state index in [1.807, 2.05) is 0 Å². The Labute approximate surface area is 110 Å². The normalized spacial score (nSPS) is 33.6. The fraction of sp³-hybridized carbons (Fsp3) is 0.929. The quantitative estimate of drug-likeness (QED) is 0.773. The molecule has 2 heterocycles. The SMILES string of the molecule is CCN1CCCCC1CC1(C(=O)OC)CCCN1. The van der Waals surface area contributed by atoms with Crippen LogP contribution in [0.25, 0.3) is 0 Å². The molecule has 2 saturated heterocycles. The van der Waals surface area contributed by atoms with Crippen molar-refractivity contribution in [2.24, 2.45) is 0 Å². The van der Waals surface area contributed by atoms with E-state index in [-0.39, 0.29) is 5.97 Å². The molecule has 0 bridgehead atoms. The molecule has 0 spiro atoms. The Bertz CT molecular complexity index is 288. The molecule has 0 saturated carbocycles. The van der Waals surface area contributed by atoms with Crippen molar-refractivity contribution in [1.82, 2.24) is 10.2 Å². The molecule has 2 rings (SSSR count). The minimum Gasteiger partial charge on any atom is -0.468 e. The van der Waals surface area contributed by atoms with E-state index in [0.717, 1.165) is 32.4 Å². The van der Waals surface area contributed by atoms with E-state index in [1.165, 1.54) is 32.9 Å². The number of carbonyl (C=O) groups excluding carboxylic acids is 1. The molecule has 2 aliphatic heterocycles. The first-order valence-corrected chi connectivity index (χ1v) is 7.29. The Morgan fingerprint density at radius 3 is 2.89 bits per heavy atom. The van der Waals surface area contributed by atoms with E-state index < -0.39 is 5.54 Å².